The fourth-order valence-electron chi connectivity index (χ4n) is 3.31. The van der Waals surface area contributed by atoms with Gasteiger partial charge in [0.15, 0.2) is 0 Å². The number of benzene rings is 1. The molecule has 1 aromatic heterocycles. The Balaban J connectivity index is 1.82. The Labute approximate surface area is 159 Å². The van der Waals surface area contributed by atoms with Gasteiger partial charge in [-0.05, 0) is 31.0 Å². The van der Waals surface area contributed by atoms with Gasteiger partial charge in [0.2, 0.25) is 5.95 Å². The highest BCUT2D eigenvalue weighted by molar-refractivity contribution is 6.32. The lowest BCUT2D eigenvalue weighted by atomic mass is 10.0. The summed E-state index contributed by atoms with van der Waals surface area (Å²) in [5.41, 5.74) is 1.46. The first-order valence-electron chi connectivity index (χ1n) is 8.68. The summed E-state index contributed by atoms with van der Waals surface area (Å²) < 4.78 is 0. The highest BCUT2D eigenvalue weighted by atomic mass is 35.5. The molecule has 2 aromatic rings. The van der Waals surface area contributed by atoms with E-state index in [9.17, 15) is 5.26 Å². The van der Waals surface area contributed by atoms with Crippen LogP contribution in [0, 0.1) is 11.3 Å². The quantitative estimate of drug-likeness (QED) is 0.823. The van der Waals surface area contributed by atoms with E-state index in [4.69, 9.17) is 11.6 Å². The van der Waals surface area contributed by atoms with Gasteiger partial charge in [-0.2, -0.15) is 10.2 Å². The van der Waals surface area contributed by atoms with E-state index in [-0.39, 0.29) is 0 Å². The minimum atomic E-state index is 0.305. The second-order valence-electron chi connectivity index (χ2n) is 6.71. The first-order valence-corrected chi connectivity index (χ1v) is 9.06. The van der Waals surface area contributed by atoms with Gasteiger partial charge in [-0.25, -0.2) is 4.98 Å². The standard InChI is InChI=1S/C19H23ClN6/c1-24(2)19-22-10-9-18(23-19)25(3)14-6-5-11-26(13-14)17-8-4-7-16(20)15(17)12-21/h4,7-10,14H,5-6,11,13H2,1-3H3. The first-order chi connectivity index (χ1) is 12.5. The number of hydrogen-bond donors (Lipinski definition) is 0. The number of aromatic nitrogens is 2. The van der Waals surface area contributed by atoms with Crippen LogP contribution in [-0.4, -0.2) is 50.2 Å². The van der Waals surface area contributed by atoms with Gasteiger partial charge >= 0.3 is 0 Å². The fourth-order valence-corrected chi connectivity index (χ4v) is 3.53. The number of anilines is 3. The molecule has 3 rings (SSSR count). The number of nitriles is 1. The lowest BCUT2D eigenvalue weighted by Gasteiger charge is -2.39. The maximum Gasteiger partial charge on any atom is 0.226 e. The van der Waals surface area contributed by atoms with Crippen molar-refractivity contribution in [3.05, 3.63) is 41.0 Å². The Morgan fingerprint density at radius 1 is 1.27 bits per heavy atom. The molecule has 1 fully saturated rings. The zero-order valence-electron chi connectivity index (χ0n) is 15.4. The smallest absolute Gasteiger partial charge is 0.226 e. The van der Waals surface area contributed by atoms with Crippen molar-refractivity contribution in [3.63, 3.8) is 0 Å². The third-order valence-corrected chi connectivity index (χ3v) is 5.09. The number of halogens is 1. The van der Waals surface area contributed by atoms with Crippen molar-refractivity contribution in [2.45, 2.75) is 18.9 Å². The lowest BCUT2D eigenvalue weighted by Crippen LogP contribution is -2.47. The van der Waals surface area contributed by atoms with Crippen molar-refractivity contribution in [2.24, 2.45) is 0 Å². The van der Waals surface area contributed by atoms with Gasteiger partial charge in [-0.1, -0.05) is 17.7 Å². The van der Waals surface area contributed by atoms with Crippen LogP contribution < -0.4 is 14.7 Å². The Morgan fingerprint density at radius 3 is 2.81 bits per heavy atom. The minimum Gasteiger partial charge on any atom is -0.368 e. The highest BCUT2D eigenvalue weighted by Crippen LogP contribution is 2.30. The van der Waals surface area contributed by atoms with Crippen LogP contribution in [0.3, 0.4) is 0 Å². The molecule has 0 aliphatic carbocycles. The highest BCUT2D eigenvalue weighted by Gasteiger charge is 2.26. The van der Waals surface area contributed by atoms with Crippen molar-refractivity contribution in [3.8, 4) is 6.07 Å². The van der Waals surface area contributed by atoms with E-state index in [1.807, 2.05) is 37.2 Å². The molecule has 1 atom stereocenters. The van der Waals surface area contributed by atoms with E-state index in [2.05, 4.69) is 32.9 Å². The second kappa shape index (κ2) is 7.79. The maximum atomic E-state index is 9.47. The van der Waals surface area contributed by atoms with E-state index in [1.54, 1.807) is 12.3 Å². The molecule has 0 bridgehead atoms. The van der Waals surface area contributed by atoms with Crippen LogP contribution in [0.15, 0.2) is 30.5 Å². The van der Waals surface area contributed by atoms with Crippen LogP contribution in [0.25, 0.3) is 0 Å². The molecule has 0 saturated carbocycles. The molecule has 0 spiro atoms. The normalized spacial score (nSPS) is 16.9. The molecule has 6 nitrogen and oxygen atoms in total. The van der Waals surface area contributed by atoms with E-state index in [0.29, 0.717) is 22.6 Å². The molecule has 1 aromatic carbocycles. The summed E-state index contributed by atoms with van der Waals surface area (Å²) in [5.74, 6) is 1.60. The van der Waals surface area contributed by atoms with Crippen LogP contribution in [0.5, 0.6) is 0 Å². The monoisotopic (exact) mass is 370 g/mol. The number of piperidine rings is 1. The maximum absolute atomic E-state index is 9.47. The Bertz CT molecular complexity index is 816. The van der Waals surface area contributed by atoms with Crippen LogP contribution in [0.4, 0.5) is 17.5 Å². The summed E-state index contributed by atoms with van der Waals surface area (Å²) >= 11 is 6.21. The molecule has 1 aliphatic rings. The van der Waals surface area contributed by atoms with Crippen molar-refractivity contribution < 1.29 is 0 Å². The van der Waals surface area contributed by atoms with E-state index in [1.165, 1.54) is 0 Å². The predicted molar refractivity (Wildman–Crippen MR) is 106 cm³/mol. The molecule has 1 saturated heterocycles. The predicted octanol–water partition coefficient (Wildman–Crippen LogP) is 3.17. The molecule has 2 heterocycles. The van der Waals surface area contributed by atoms with Gasteiger partial charge in [-0.3, -0.25) is 0 Å². The van der Waals surface area contributed by atoms with E-state index >= 15 is 0 Å². The topological polar surface area (TPSA) is 59.3 Å². The molecule has 1 unspecified atom stereocenters. The third-order valence-electron chi connectivity index (χ3n) is 4.78. The van der Waals surface area contributed by atoms with E-state index in [0.717, 1.165) is 37.4 Å². The second-order valence-corrected chi connectivity index (χ2v) is 7.12. The minimum absolute atomic E-state index is 0.305. The van der Waals surface area contributed by atoms with Gasteiger partial charge < -0.3 is 14.7 Å². The molecule has 0 N–H and O–H groups in total. The fraction of sp³-hybridized carbons (Fsp3) is 0.421. The molecule has 0 radical (unpaired) electrons. The molecule has 0 amide bonds. The van der Waals surface area contributed by atoms with Gasteiger partial charge in [0.05, 0.1) is 16.3 Å². The average Bonchev–Trinajstić information content (AvgIpc) is 2.67. The van der Waals surface area contributed by atoms with Gasteiger partial charge in [0.25, 0.3) is 0 Å². The van der Waals surface area contributed by atoms with Gasteiger partial charge in [-0.15, -0.1) is 0 Å². The van der Waals surface area contributed by atoms with Gasteiger partial charge in [0.1, 0.15) is 11.9 Å². The molecule has 26 heavy (non-hydrogen) atoms. The first kappa shape index (κ1) is 18.3. The summed E-state index contributed by atoms with van der Waals surface area (Å²) in [6, 6.07) is 10.1. The van der Waals surface area contributed by atoms with Crippen molar-refractivity contribution in [2.75, 3.05) is 48.9 Å². The number of rotatable bonds is 4. The zero-order chi connectivity index (χ0) is 18.7. The van der Waals surface area contributed by atoms with Crippen LogP contribution in [-0.2, 0) is 0 Å². The summed E-state index contributed by atoms with van der Waals surface area (Å²) in [5, 5.41) is 9.98. The number of hydrogen-bond acceptors (Lipinski definition) is 6. The SMILES string of the molecule is CN(C)c1nccc(N(C)C2CCCN(c3cccc(Cl)c3C#N)C2)n1. The van der Waals surface area contributed by atoms with Crippen molar-refractivity contribution >= 4 is 29.1 Å². The zero-order valence-corrected chi connectivity index (χ0v) is 16.1. The summed E-state index contributed by atoms with van der Waals surface area (Å²) in [4.78, 5) is 15.3. The molecule has 1 aliphatic heterocycles. The largest absolute Gasteiger partial charge is 0.368 e. The lowest BCUT2D eigenvalue weighted by molar-refractivity contribution is 0.485. The summed E-state index contributed by atoms with van der Waals surface area (Å²) in [6.07, 6.45) is 3.92. The third kappa shape index (κ3) is 3.68. The van der Waals surface area contributed by atoms with Crippen LogP contribution >= 0.6 is 11.6 Å². The molecule has 136 valence electrons. The Hall–Kier alpha value is -2.52. The molecule has 7 heteroatoms. The van der Waals surface area contributed by atoms with Crippen molar-refractivity contribution in [1.82, 2.24) is 9.97 Å². The summed E-state index contributed by atoms with van der Waals surface area (Å²) in [7, 11) is 5.94. The van der Waals surface area contributed by atoms with Crippen molar-refractivity contribution in [1.29, 1.82) is 5.26 Å². The Kier molecular flexibility index (Phi) is 5.48. The van der Waals surface area contributed by atoms with Gasteiger partial charge in [0, 0.05) is 46.5 Å². The average molecular weight is 371 g/mol. The molecular formula is C19H23ClN6. The number of nitrogens with zero attached hydrogens (tertiary/aromatic N) is 6. The number of likely N-dealkylation sites (N-methyl/N-ethyl adjacent to an activating group) is 1. The van der Waals surface area contributed by atoms with Crippen LogP contribution in [0.2, 0.25) is 5.02 Å². The van der Waals surface area contributed by atoms with E-state index < -0.39 is 0 Å². The Morgan fingerprint density at radius 2 is 2.08 bits per heavy atom. The molecular weight excluding hydrogens is 348 g/mol. The van der Waals surface area contributed by atoms with Crippen LogP contribution in [0.1, 0.15) is 18.4 Å². The summed E-state index contributed by atoms with van der Waals surface area (Å²) in [6.45, 7) is 1.75.